The molecule has 1 saturated heterocycles. The van der Waals surface area contributed by atoms with E-state index in [9.17, 15) is 4.79 Å². The molecule has 0 atom stereocenters. The zero-order valence-electron chi connectivity index (χ0n) is 23.5. The van der Waals surface area contributed by atoms with Gasteiger partial charge in [0, 0.05) is 52.9 Å². The summed E-state index contributed by atoms with van der Waals surface area (Å²) < 4.78 is 0. The molecule has 0 spiro atoms. The molecule has 6 nitrogen and oxygen atoms in total. The normalized spacial score (nSPS) is 21.4. The van der Waals surface area contributed by atoms with Crippen LogP contribution in [0, 0.1) is 12.8 Å². The molecule has 3 heterocycles. The molecule has 3 aromatic rings. The Kier molecular flexibility index (Phi) is 7.98. The first-order valence-corrected chi connectivity index (χ1v) is 14.4. The summed E-state index contributed by atoms with van der Waals surface area (Å²) in [4.78, 5) is 24.9. The lowest BCUT2D eigenvalue weighted by atomic mass is 9.88. The second-order valence-corrected chi connectivity index (χ2v) is 12.4. The Balaban J connectivity index is 1.13. The van der Waals surface area contributed by atoms with Crippen molar-refractivity contribution in [1.29, 1.82) is 0 Å². The second-order valence-electron chi connectivity index (χ2n) is 12.4. The molecule has 202 valence electrons. The van der Waals surface area contributed by atoms with Gasteiger partial charge in [-0.05, 0) is 88.9 Å². The van der Waals surface area contributed by atoms with E-state index in [1.807, 2.05) is 18.3 Å². The number of carbonyl (C=O) groups is 1. The SMILES string of the molecule is Cc1ccc2nc(C(C)(C)C)cc(NC3CCC(NC(=O)C4CCN(Cc5ccccn5)CC4)CC3)c2c1. The van der Waals surface area contributed by atoms with Crippen molar-refractivity contribution in [3.05, 3.63) is 65.6 Å². The number of hydrogen-bond acceptors (Lipinski definition) is 5. The molecule has 1 aliphatic carbocycles. The molecule has 38 heavy (non-hydrogen) atoms. The van der Waals surface area contributed by atoms with E-state index in [1.54, 1.807) is 0 Å². The molecule has 2 N–H and O–H groups in total. The molecule has 5 rings (SSSR count). The quantitative estimate of drug-likeness (QED) is 0.424. The Bertz CT molecular complexity index is 1240. The smallest absolute Gasteiger partial charge is 0.223 e. The summed E-state index contributed by atoms with van der Waals surface area (Å²) >= 11 is 0. The van der Waals surface area contributed by atoms with Crippen LogP contribution in [0.3, 0.4) is 0 Å². The highest BCUT2D eigenvalue weighted by molar-refractivity contribution is 5.92. The maximum Gasteiger partial charge on any atom is 0.223 e. The third-order valence-electron chi connectivity index (χ3n) is 8.24. The van der Waals surface area contributed by atoms with Gasteiger partial charge in [-0.1, -0.05) is 38.5 Å². The molecule has 2 fully saturated rings. The predicted octanol–water partition coefficient (Wildman–Crippen LogP) is 5.99. The van der Waals surface area contributed by atoms with Gasteiger partial charge in [0.05, 0.1) is 11.2 Å². The van der Waals surface area contributed by atoms with E-state index < -0.39 is 0 Å². The van der Waals surface area contributed by atoms with Gasteiger partial charge < -0.3 is 10.6 Å². The number of nitrogens with one attached hydrogen (secondary N) is 2. The van der Waals surface area contributed by atoms with Gasteiger partial charge in [-0.15, -0.1) is 0 Å². The van der Waals surface area contributed by atoms with Gasteiger partial charge >= 0.3 is 0 Å². The molecule has 6 heteroatoms. The highest BCUT2D eigenvalue weighted by Crippen LogP contribution is 2.32. The van der Waals surface area contributed by atoms with E-state index in [-0.39, 0.29) is 23.3 Å². The van der Waals surface area contributed by atoms with Gasteiger partial charge in [0.25, 0.3) is 0 Å². The van der Waals surface area contributed by atoms with Crippen molar-refractivity contribution >= 4 is 22.5 Å². The minimum atomic E-state index is -0.00790. The number of fused-ring (bicyclic) bond motifs is 1. The zero-order chi connectivity index (χ0) is 26.7. The number of likely N-dealkylation sites (tertiary alicyclic amines) is 1. The molecule has 2 aliphatic rings. The summed E-state index contributed by atoms with van der Waals surface area (Å²) in [5.41, 5.74) is 5.70. The molecule has 0 radical (unpaired) electrons. The second kappa shape index (κ2) is 11.4. The maximum atomic E-state index is 13.0. The first-order chi connectivity index (χ1) is 18.2. The van der Waals surface area contributed by atoms with Crippen molar-refractivity contribution in [3.63, 3.8) is 0 Å². The van der Waals surface area contributed by atoms with Crippen molar-refractivity contribution in [2.24, 2.45) is 5.92 Å². The van der Waals surface area contributed by atoms with Crippen molar-refractivity contribution in [2.75, 3.05) is 18.4 Å². The number of hydrogen-bond donors (Lipinski definition) is 2. The van der Waals surface area contributed by atoms with Crippen LogP contribution in [0.15, 0.2) is 48.7 Å². The van der Waals surface area contributed by atoms with Crippen molar-refractivity contribution < 1.29 is 4.79 Å². The summed E-state index contributed by atoms with van der Waals surface area (Å²) in [6, 6.07) is 15.5. The van der Waals surface area contributed by atoms with E-state index in [0.717, 1.165) is 75.1 Å². The van der Waals surface area contributed by atoms with Crippen LogP contribution < -0.4 is 10.6 Å². The first kappa shape index (κ1) is 26.6. The molecule has 1 saturated carbocycles. The number of amides is 1. The average Bonchev–Trinajstić information content (AvgIpc) is 2.90. The molecule has 0 bridgehead atoms. The summed E-state index contributed by atoms with van der Waals surface area (Å²) in [6.07, 6.45) is 7.89. The van der Waals surface area contributed by atoms with Gasteiger partial charge in [0.1, 0.15) is 0 Å². The van der Waals surface area contributed by atoms with Crippen LogP contribution >= 0.6 is 0 Å². The van der Waals surface area contributed by atoms with E-state index in [1.165, 1.54) is 16.6 Å². The van der Waals surface area contributed by atoms with E-state index >= 15 is 0 Å². The monoisotopic (exact) mass is 513 g/mol. The number of aryl methyl sites for hydroxylation is 1. The number of pyridine rings is 2. The van der Waals surface area contributed by atoms with E-state index in [2.05, 4.69) is 78.5 Å². The summed E-state index contributed by atoms with van der Waals surface area (Å²) in [5, 5.41) is 8.46. The fourth-order valence-electron chi connectivity index (χ4n) is 5.84. The number of aromatic nitrogens is 2. The Labute approximate surface area is 227 Å². The number of carbonyl (C=O) groups excluding carboxylic acids is 1. The summed E-state index contributed by atoms with van der Waals surface area (Å²) in [5.74, 6) is 0.386. The van der Waals surface area contributed by atoms with Gasteiger partial charge in [-0.25, -0.2) is 0 Å². The third kappa shape index (κ3) is 6.52. The molecule has 1 aliphatic heterocycles. The highest BCUT2D eigenvalue weighted by atomic mass is 16.1. The van der Waals surface area contributed by atoms with Crippen LogP contribution in [-0.4, -0.2) is 45.9 Å². The van der Waals surface area contributed by atoms with E-state index in [0.29, 0.717) is 6.04 Å². The molecule has 0 unspecified atom stereocenters. The third-order valence-corrected chi connectivity index (χ3v) is 8.24. The van der Waals surface area contributed by atoms with Gasteiger partial charge in [-0.2, -0.15) is 0 Å². The van der Waals surface area contributed by atoms with Crippen molar-refractivity contribution in [3.8, 4) is 0 Å². The predicted molar refractivity (Wildman–Crippen MR) is 155 cm³/mol. The van der Waals surface area contributed by atoms with Gasteiger partial charge in [-0.3, -0.25) is 19.7 Å². The van der Waals surface area contributed by atoms with Gasteiger partial charge in [0.2, 0.25) is 5.91 Å². The van der Waals surface area contributed by atoms with Crippen LogP contribution in [0.1, 0.15) is 76.2 Å². The lowest BCUT2D eigenvalue weighted by Crippen LogP contribution is -2.45. The van der Waals surface area contributed by atoms with Crippen molar-refractivity contribution in [1.82, 2.24) is 20.2 Å². The Morgan fingerprint density at radius 3 is 2.39 bits per heavy atom. The lowest BCUT2D eigenvalue weighted by molar-refractivity contribution is -0.127. The lowest BCUT2D eigenvalue weighted by Gasteiger charge is -2.34. The maximum absolute atomic E-state index is 13.0. The Morgan fingerprint density at radius 1 is 0.974 bits per heavy atom. The van der Waals surface area contributed by atoms with Crippen LogP contribution in [0.5, 0.6) is 0 Å². The largest absolute Gasteiger partial charge is 0.382 e. The molecule has 1 aromatic carbocycles. The zero-order valence-corrected chi connectivity index (χ0v) is 23.5. The Morgan fingerprint density at radius 2 is 1.71 bits per heavy atom. The molecular weight excluding hydrogens is 470 g/mol. The van der Waals surface area contributed by atoms with Crippen LogP contribution in [0.4, 0.5) is 5.69 Å². The fourth-order valence-corrected chi connectivity index (χ4v) is 5.84. The first-order valence-electron chi connectivity index (χ1n) is 14.4. The van der Waals surface area contributed by atoms with Crippen LogP contribution in [0.25, 0.3) is 10.9 Å². The summed E-state index contributed by atoms with van der Waals surface area (Å²) in [6.45, 7) is 11.6. The number of anilines is 1. The summed E-state index contributed by atoms with van der Waals surface area (Å²) in [7, 11) is 0. The number of piperidine rings is 1. The minimum Gasteiger partial charge on any atom is -0.382 e. The number of nitrogens with zero attached hydrogens (tertiary/aromatic N) is 3. The molecule has 2 aromatic heterocycles. The van der Waals surface area contributed by atoms with Crippen molar-refractivity contribution in [2.45, 2.75) is 90.3 Å². The van der Waals surface area contributed by atoms with Gasteiger partial charge in [0.15, 0.2) is 0 Å². The average molecular weight is 514 g/mol. The number of rotatable bonds is 6. The molecule has 1 amide bonds. The minimum absolute atomic E-state index is 0.00790. The standard InChI is InChI=1S/C32H43N5O/c1-22-8-13-28-27(19-22)29(20-30(36-28)32(2,3)4)34-24-9-11-25(12-10-24)35-31(38)23-14-17-37(18-15-23)21-26-7-5-6-16-33-26/h5-8,13,16,19-20,23-25H,9-12,14-15,17-18,21H2,1-4H3,(H,34,36)(H,35,38). The fraction of sp³-hybridized carbons (Fsp3) is 0.531. The van der Waals surface area contributed by atoms with Crippen LogP contribution in [-0.2, 0) is 16.8 Å². The van der Waals surface area contributed by atoms with Crippen LogP contribution in [0.2, 0.25) is 0 Å². The topological polar surface area (TPSA) is 70.2 Å². The number of benzene rings is 1. The highest BCUT2D eigenvalue weighted by Gasteiger charge is 2.29. The molecular formula is C32H43N5O. The Hall–Kier alpha value is -2.99. The van der Waals surface area contributed by atoms with E-state index in [4.69, 9.17) is 4.98 Å².